The molecule has 0 aromatic heterocycles. The Bertz CT molecular complexity index is 799. The third kappa shape index (κ3) is 8.06. The molecular weight excluding hydrogens is 392 g/mol. The molecule has 1 amide bonds. The summed E-state index contributed by atoms with van der Waals surface area (Å²) < 4.78 is 33.7. The number of hydrogen-bond acceptors (Lipinski definition) is 6. The standard InChI is InChI=1S/C21H32N2O5S/c1-4-5-15-28-19-8-6-18(17-20(19)27-2)7-9-21(24)23-12-10-22(11-13-23)14-16-29(3,25)26/h6-9,17H,4-5,10-16H2,1-3H3/b9-7+. The first-order chi connectivity index (χ1) is 13.8. The number of hydrogen-bond donors (Lipinski definition) is 0. The van der Waals surface area contributed by atoms with E-state index < -0.39 is 9.84 Å². The first-order valence-corrected chi connectivity index (χ1v) is 12.1. The van der Waals surface area contributed by atoms with Crippen LogP contribution in [0.1, 0.15) is 25.3 Å². The van der Waals surface area contributed by atoms with Gasteiger partial charge in [-0.05, 0) is 30.2 Å². The van der Waals surface area contributed by atoms with Crippen molar-refractivity contribution in [3.05, 3.63) is 29.8 Å². The summed E-state index contributed by atoms with van der Waals surface area (Å²) in [4.78, 5) is 16.3. The molecule has 1 fully saturated rings. The number of carbonyl (C=O) groups is 1. The maximum absolute atomic E-state index is 12.5. The molecule has 0 unspecified atom stereocenters. The highest BCUT2D eigenvalue weighted by Crippen LogP contribution is 2.28. The molecule has 0 aliphatic carbocycles. The van der Waals surface area contributed by atoms with E-state index in [1.165, 1.54) is 6.26 Å². The van der Waals surface area contributed by atoms with Gasteiger partial charge in [0.2, 0.25) is 5.91 Å². The number of carbonyl (C=O) groups excluding carboxylic acids is 1. The number of ether oxygens (including phenoxy) is 2. The first-order valence-electron chi connectivity index (χ1n) is 10.0. The van der Waals surface area contributed by atoms with Crippen LogP contribution in [0.5, 0.6) is 11.5 Å². The van der Waals surface area contributed by atoms with E-state index in [0.29, 0.717) is 50.8 Å². The van der Waals surface area contributed by atoms with Gasteiger partial charge in [-0.3, -0.25) is 9.69 Å². The summed E-state index contributed by atoms with van der Waals surface area (Å²) in [5.74, 6) is 1.46. The Morgan fingerprint density at radius 3 is 2.52 bits per heavy atom. The third-order valence-electron chi connectivity index (χ3n) is 4.82. The van der Waals surface area contributed by atoms with Crippen LogP contribution in [0.25, 0.3) is 6.08 Å². The van der Waals surface area contributed by atoms with Crippen molar-refractivity contribution < 1.29 is 22.7 Å². The Balaban J connectivity index is 1.87. The van der Waals surface area contributed by atoms with Crippen molar-refractivity contribution in [2.75, 3.05) is 58.4 Å². The SMILES string of the molecule is CCCCOc1ccc(/C=C/C(=O)N2CCN(CCS(C)(=O)=O)CC2)cc1OC. The lowest BCUT2D eigenvalue weighted by atomic mass is 10.2. The molecule has 1 aliphatic rings. The molecule has 2 rings (SSSR count). The zero-order valence-electron chi connectivity index (χ0n) is 17.6. The second-order valence-corrected chi connectivity index (χ2v) is 9.50. The molecule has 1 aromatic carbocycles. The van der Waals surface area contributed by atoms with Crippen molar-refractivity contribution in [3.8, 4) is 11.5 Å². The lowest BCUT2D eigenvalue weighted by Crippen LogP contribution is -2.49. The number of sulfone groups is 1. The van der Waals surface area contributed by atoms with Gasteiger partial charge in [0.15, 0.2) is 11.5 Å². The highest BCUT2D eigenvalue weighted by atomic mass is 32.2. The Morgan fingerprint density at radius 2 is 1.90 bits per heavy atom. The predicted octanol–water partition coefficient (Wildman–Crippen LogP) is 2.08. The van der Waals surface area contributed by atoms with Gasteiger partial charge in [0.25, 0.3) is 0 Å². The summed E-state index contributed by atoms with van der Waals surface area (Å²) in [5, 5.41) is 0. The van der Waals surface area contributed by atoms with Crippen LogP contribution in [0.3, 0.4) is 0 Å². The number of nitrogens with zero attached hydrogens (tertiary/aromatic N) is 2. The van der Waals surface area contributed by atoms with Crippen molar-refractivity contribution in [2.24, 2.45) is 0 Å². The number of methoxy groups -OCH3 is 1. The van der Waals surface area contributed by atoms with Crippen molar-refractivity contribution in [2.45, 2.75) is 19.8 Å². The number of unbranched alkanes of at least 4 members (excludes halogenated alkanes) is 1. The van der Waals surface area contributed by atoms with Gasteiger partial charge in [-0.25, -0.2) is 8.42 Å². The third-order valence-corrected chi connectivity index (χ3v) is 5.75. The minimum atomic E-state index is -2.96. The molecule has 0 bridgehead atoms. The summed E-state index contributed by atoms with van der Waals surface area (Å²) in [5.41, 5.74) is 0.866. The van der Waals surface area contributed by atoms with Crippen molar-refractivity contribution in [1.29, 1.82) is 0 Å². The van der Waals surface area contributed by atoms with E-state index in [9.17, 15) is 13.2 Å². The lowest BCUT2D eigenvalue weighted by Gasteiger charge is -2.34. The molecule has 1 heterocycles. The molecule has 0 N–H and O–H groups in total. The van der Waals surface area contributed by atoms with Gasteiger partial charge in [0.1, 0.15) is 9.84 Å². The smallest absolute Gasteiger partial charge is 0.246 e. The number of amides is 1. The number of piperazine rings is 1. The van der Waals surface area contributed by atoms with E-state index in [1.54, 1.807) is 24.2 Å². The van der Waals surface area contributed by atoms with Crippen LogP contribution in [0.4, 0.5) is 0 Å². The zero-order chi connectivity index (χ0) is 21.3. The summed E-state index contributed by atoms with van der Waals surface area (Å²) >= 11 is 0. The molecule has 0 spiro atoms. The van der Waals surface area contributed by atoms with Gasteiger partial charge in [0, 0.05) is 45.1 Å². The second kappa shape index (κ2) is 11.2. The molecule has 162 valence electrons. The van der Waals surface area contributed by atoms with E-state index >= 15 is 0 Å². The highest BCUT2D eigenvalue weighted by Gasteiger charge is 2.20. The van der Waals surface area contributed by atoms with Crippen molar-refractivity contribution in [3.63, 3.8) is 0 Å². The summed E-state index contributed by atoms with van der Waals surface area (Å²) in [6, 6.07) is 5.62. The molecule has 0 atom stereocenters. The predicted molar refractivity (Wildman–Crippen MR) is 115 cm³/mol. The minimum absolute atomic E-state index is 0.0463. The van der Waals surface area contributed by atoms with Gasteiger partial charge in [-0.2, -0.15) is 0 Å². The molecule has 0 saturated carbocycles. The number of rotatable bonds is 10. The van der Waals surface area contributed by atoms with Crippen LogP contribution in [-0.4, -0.2) is 82.6 Å². The van der Waals surface area contributed by atoms with Gasteiger partial charge < -0.3 is 14.4 Å². The van der Waals surface area contributed by atoms with E-state index in [1.807, 2.05) is 18.2 Å². The molecule has 1 saturated heterocycles. The van der Waals surface area contributed by atoms with Crippen LogP contribution < -0.4 is 9.47 Å². The highest BCUT2D eigenvalue weighted by molar-refractivity contribution is 7.90. The van der Waals surface area contributed by atoms with Crippen molar-refractivity contribution in [1.82, 2.24) is 9.80 Å². The fourth-order valence-corrected chi connectivity index (χ4v) is 3.58. The Morgan fingerprint density at radius 1 is 1.17 bits per heavy atom. The number of benzene rings is 1. The summed E-state index contributed by atoms with van der Waals surface area (Å²) in [6.45, 7) is 5.85. The van der Waals surface area contributed by atoms with Crippen LogP contribution in [-0.2, 0) is 14.6 Å². The molecule has 0 radical (unpaired) electrons. The van der Waals surface area contributed by atoms with Crippen LogP contribution >= 0.6 is 0 Å². The van der Waals surface area contributed by atoms with E-state index in [-0.39, 0.29) is 11.7 Å². The van der Waals surface area contributed by atoms with Crippen LogP contribution in [0, 0.1) is 0 Å². The van der Waals surface area contributed by atoms with E-state index in [2.05, 4.69) is 11.8 Å². The molecular formula is C21H32N2O5S. The quantitative estimate of drug-likeness (QED) is 0.423. The Labute approximate surface area is 174 Å². The van der Waals surface area contributed by atoms with Gasteiger partial charge in [-0.15, -0.1) is 0 Å². The first kappa shape index (κ1) is 23.2. The maximum atomic E-state index is 12.5. The van der Waals surface area contributed by atoms with Crippen molar-refractivity contribution >= 4 is 21.8 Å². The largest absolute Gasteiger partial charge is 0.493 e. The summed E-state index contributed by atoms with van der Waals surface area (Å²) in [7, 11) is -1.36. The van der Waals surface area contributed by atoms with Gasteiger partial charge >= 0.3 is 0 Å². The van der Waals surface area contributed by atoms with Crippen LogP contribution in [0.15, 0.2) is 24.3 Å². The maximum Gasteiger partial charge on any atom is 0.246 e. The van der Waals surface area contributed by atoms with Gasteiger partial charge in [0.05, 0.1) is 19.5 Å². The fraction of sp³-hybridized carbons (Fsp3) is 0.571. The molecule has 7 nitrogen and oxygen atoms in total. The Hall–Kier alpha value is -2.06. The average Bonchev–Trinajstić information content (AvgIpc) is 2.71. The molecule has 8 heteroatoms. The van der Waals surface area contributed by atoms with E-state index in [4.69, 9.17) is 9.47 Å². The second-order valence-electron chi connectivity index (χ2n) is 7.24. The molecule has 1 aromatic rings. The minimum Gasteiger partial charge on any atom is -0.493 e. The van der Waals surface area contributed by atoms with E-state index in [0.717, 1.165) is 18.4 Å². The normalized spacial score (nSPS) is 15.6. The lowest BCUT2D eigenvalue weighted by molar-refractivity contribution is -0.127. The van der Waals surface area contributed by atoms with Crippen LogP contribution in [0.2, 0.25) is 0 Å². The average molecular weight is 425 g/mol. The van der Waals surface area contributed by atoms with Gasteiger partial charge in [-0.1, -0.05) is 19.4 Å². The zero-order valence-corrected chi connectivity index (χ0v) is 18.4. The molecule has 29 heavy (non-hydrogen) atoms. The molecule has 1 aliphatic heterocycles. The Kier molecular flexibility index (Phi) is 8.98. The summed E-state index contributed by atoms with van der Waals surface area (Å²) in [6.07, 6.45) is 6.64. The monoisotopic (exact) mass is 424 g/mol. The fourth-order valence-electron chi connectivity index (χ4n) is 2.99. The topological polar surface area (TPSA) is 76.2 Å².